The summed E-state index contributed by atoms with van der Waals surface area (Å²) in [5, 5.41) is 9.82. The number of para-hydroxylation sites is 1. The van der Waals surface area contributed by atoms with Gasteiger partial charge in [-0.3, -0.25) is 4.79 Å². The van der Waals surface area contributed by atoms with Crippen LogP contribution in [0.1, 0.15) is 6.42 Å². The number of ether oxygens (including phenoxy) is 1. The Morgan fingerprint density at radius 2 is 2.14 bits per heavy atom. The summed E-state index contributed by atoms with van der Waals surface area (Å²) in [5.41, 5.74) is 5.89. The average molecular weight is 336 g/mol. The van der Waals surface area contributed by atoms with Gasteiger partial charge >= 0.3 is 5.97 Å². The quantitative estimate of drug-likeness (QED) is 0.619. The van der Waals surface area contributed by atoms with Crippen LogP contribution in [0.15, 0.2) is 51.2 Å². The molecule has 0 aliphatic rings. The lowest BCUT2D eigenvalue weighted by Crippen LogP contribution is -2.01. The van der Waals surface area contributed by atoms with E-state index in [0.29, 0.717) is 22.9 Å². The van der Waals surface area contributed by atoms with Crippen LogP contribution < -0.4 is 5.73 Å². The number of rotatable bonds is 6. The summed E-state index contributed by atoms with van der Waals surface area (Å²) >= 11 is 2.86. The molecule has 1 heterocycles. The summed E-state index contributed by atoms with van der Waals surface area (Å²) in [4.78, 5) is 17.7. The molecule has 2 rings (SSSR count). The number of phenolic OH excluding ortho intramolecular Hbond substituents is 1. The summed E-state index contributed by atoms with van der Waals surface area (Å²) in [5.74, 6) is 0.986. The molecular formula is C15H16N2O3S2. The zero-order chi connectivity index (χ0) is 15.9. The van der Waals surface area contributed by atoms with E-state index in [1.54, 1.807) is 18.3 Å². The van der Waals surface area contributed by atoms with Crippen LogP contribution in [0.2, 0.25) is 0 Å². The summed E-state index contributed by atoms with van der Waals surface area (Å²) < 4.78 is 4.60. The first kappa shape index (κ1) is 16.5. The van der Waals surface area contributed by atoms with E-state index >= 15 is 0 Å². The maximum absolute atomic E-state index is 11.1. The van der Waals surface area contributed by atoms with Crippen molar-refractivity contribution in [2.45, 2.75) is 21.1 Å². The molecule has 1 aromatic heterocycles. The fourth-order valence-electron chi connectivity index (χ4n) is 1.61. The van der Waals surface area contributed by atoms with Gasteiger partial charge < -0.3 is 15.6 Å². The highest BCUT2D eigenvalue weighted by atomic mass is 32.2. The third kappa shape index (κ3) is 4.57. The molecule has 0 saturated heterocycles. The highest BCUT2D eigenvalue weighted by Gasteiger charge is 2.09. The Labute approximate surface area is 137 Å². The number of esters is 1. The van der Waals surface area contributed by atoms with Crippen LogP contribution in [0.25, 0.3) is 0 Å². The second-order valence-electron chi connectivity index (χ2n) is 4.30. The van der Waals surface area contributed by atoms with Crippen molar-refractivity contribution >= 4 is 35.3 Å². The molecule has 0 aliphatic heterocycles. The van der Waals surface area contributed by atoms with Gasteiger partial charge in [-0.25, -0.2) is 4.98 Å². The maximum Gasteiger partial charge on any atom is 0.306 e. The van der Waals surface area contributed by atoms with Crippen molar-refractivity contribution < 1.29 is 14.6 Å². The minimum Gasteiger partial charge on any atom is -0.507 e. The van der Waals surface area contributed by atoms with Gasteiger partial charge in [0, 0.05) is 16.8 Å². The zero-order valence-corrected chi connectivity index (χ0v) is 13.6. The van der Waals surface area contributed by atoms with Crippen molar-refractivity contribution in [2.75, 3.05) is 18.6 Å². The van der Waals surface area contributed by atoms with Gasteiger partial charge in [-0.2, -0.15) is 0 Å². The van der Waals surface area contributed by atoms with E-state index in [1.807, 2.05) is 18.2 Å². The number of carbonyl (C=O) groups excluding carboxylic acids is 1. The first-order chi connectivity index (χ1) is 10.6. The Hall–Kier alpha value is -1.86. The molecule has 0 spiro atoms. The van der Waals surface area contributed by atoms with Crippen molar-refractivity contribution in [3.63, 3.8) is 0 Å². The average Bonchev–Trinajstić information content (AvgIpc) is 2.52. The van der Waals surface area contributed by atoms with Gasteiger partial charge in [0.15, 0.2) is 0 Å². The Morgan fingerprint density at radius 3 is 2.86 bits per heavy atom. The third-order valence-electron chi connectivity index (χ3n) is 2.74. The molecule has 7 heteroatoms. The topological polar surface area (TPSA) is 85.4 Å². The monoisotopic (exact) mass is 336 g/mol. The standard InChI is InChI=1S/C15H16N2O3S2/c1-20-14(19)6-7-21-10-8-13(15(16)17-9-10)22-12-5-3-2-4-11(12)18/h2-5,8-9,18H,6-7H2,1H3,(H2,16,17). The Kier molecular flexibility index (Phi) is 5.97. The van der Waals surface area contributed by atoms with Crippen LogP contribution in [-0.2, 0) is 9.53 Å². The molecule has 0 aliphatic carbocycles. The predicted octanol–water partition coefficient (Wildman–Crippen LogP) is 3.18. The van der Waals surface area contributed by atoms with Gasteiger partial charge in [0.25, 0.3) is 0 Å². The normalized spacial score (nSPS) is 10.4. The second kappa shape index (κ2) is 7.95. The molecule has 0 saturated carbocycles. The van der Waals surface area contributed by atoms with E-state index in [4.69, 9.17) is 5.73 Å². The van der Waals surface area contributed by atoms with E-state index in [1.165, 1.54) is 30.6 Å². The first-order valence-corrected chi connectivity index (χ1v) is 8.31. The number of nitrogens with two attached hydrogens (primary N) is 1. The van der Waals surface area contributed by atoms with Gasteiger partial charge in [0.05, 0.1) is 23.3 Å². The van der Waals surface area contributed by atoms with Crippen LogP contribution >= 0.6 is 23.5 Å². The lowest BCUT2D eigenvalue weighted by molar-refractivity contribution is -0.140. The number of anilines is 1. The van der Waals surface area contributed by atoms with E-state index in [2.05, 4.69) is 9.72 Å². The molecule has 1 aromatic carbocycles. The number of phenols is 1. The Morgan fingerprint density at radius 1 is 1.36 bits per heavy atom. The van der Waals surface area contributed by atoms with Crippen molar-refractivity contribution in [1.29, 1.82) is 0 Å². The van der Waals surface area contributed by atoms with Gasteiger partial charge in [-0.1, -0.05) is 23.9 Å². The van der Waals surface area contributed by atoms with E-state index in [-0.39, 0.29) is 11.7 Å². The molecular weight excluding hydrogens is 320 g/mol. The second-order valence-corrected chi connectivity index (χ2v) is 6.55. The van der Waals surface area contributed by atoms with Crippen molar-refractivity contribution in [2.24, 2.45) is 0 Å². The van der Waals surface area contributed by atoms with Crippen LogP contribution in [-0.4, -0.2) is 28.9 Å². The largest absolute Gasteiger partial charge is 0.507 e. The number of nitrogens with zero attached hydrogens (tertiary/aromatic N) is 1. The lowest BCUT2D eigenvalue weighted by atomic mass is 10.3. The number of hydrogen-bond acceptors (Lipinski definition) is 7. The van der Waals surface area contributed by atoms with E-state index in [9.17, 15) is 9.90 Å². The Bertz CT molecular complexity index is 665. The number of benzene rings is 1. The molecule has 0 unspecified atom stereocenters. The molecule has 0 atom stereocenters. The minimum atomic E-state index is -0.236. The highest BCUT2D eigenvalue weighted by molar-refractivity contribution is 8.00. The van der Waals surface area contributed by atoms with Crippen molar-refractivity contribution in [3.8, 4) is 5.75 Å². The smallest absolute Gasteiger partial charge is 0.306 e. The first-order valence-electron chi connectivity index (χ1n) is 6.51. The molecule has 2 aromatic rings. The van der Waals surface area contributed by atoms with Gasteiger partial charge in [0.1, 0.15) is 11.6 Å². The minimum absolute atomic E-state index is 0.204. The predicted molar refractivity (Wildman–Crippen MR) is 88.2 cm³/mol. The summed E-state index contributed by atoms with van der Waals surface area (Å²) in [6.07, 6.45) is 2.01. The summed E-state index contributed by atoms with van der Waals surface area (Å²) in [7, 11) is 1.37. The molecule has 5 nitrogen and oxygen atoms in total. The molecule has 0 fully saturated rings. The van der Waals surface area contributed by atoms with Crippen LogP contribution in [0.5, 0.6) is 5.75 Å². The molecule has 116 valence electrons. The zero-order valence-electron chi connectivity index (χ0n) is 12.0. The fraction of sp³-hybridized carbons (Fsp3) is 0.200. The van der Waals surface area contributed by atoms with Crippen LogP contribution in [0.3, 0.4) is 0 Å². The van der Waals surface area contributed by atoms with Gasteiger partial charge in [-0.05, 0) is 18.2 Å². The molecule has 0 bridgehead atoms. The number of pyridine rings is 1. The van der Waals surface area contributed by atoms with Crippen molar-refractivity contribution in [1.82, 2.24) is 4.98 Å². The van der Waals surface area contributed by atoms with Gasteiger partial charge in [0.2, 0.25) is 0 Å². The Balaban J connectivity index is 2.07. The number of thioether (sulfide) groups is 1. The fourth-order valence-corrected chi connectivity index (χ4v) is 3.42. The number of carbonyl (C=O) groups is 1. The number of hydrogen-bond donors (Lipinski definition) is 2. The van der Waals surface area contributed by atoms with E-state index < -0.39 is 0 Å². The third-order valence-corrected chi connectivity index (χ3v) is 4.82. The maximum atomic E-state index is 11.1. The number of aromatic nitrogens is 1. The number of nitrogen functional groups attached to an aromatic ring is 1. The molecule has 0 amide bonds. The number of methoxy groups -OCH3 is 1. The molecule has 3 N–H and O–H groups in total. The molecule has 0 radical (unpaired) electrons. The number of aromatic hydroxyl groups is 1. The van der Waals surface area contributed by atoms with Crippen molar-refractivity contribution in [3.05, 3.63) is 36.5 Å². The SMILES string of the molecule is COC(=O)CCSc1cnc(N)c(Sc2ccccc2O)c1. The summed E-state index contributed by atoms with van der Waals surface area (Å²) in [6.45, 7) is 0. The highest BCUT2D eigenvalue weighted by Crippen LogP contribution is 2.37. The van der Waals surface area contributed by atoms with Crippen LogP contribution in [0.4, 0.5) is 5.82 Å². The van der Waals surface area contributed by atoms with Crippen LogP contribution in [0, 0.1) is 0 Å². The van der Waals surface area contributed by atoms with E-state index in [0.717, 1.165) is 9.79 Å². The molecule has 22 heavy (non-hydrogen) atoms. The lowest BCUT2D eigenvalue weighted by Gasteiger charge is -2.08. The van der Waals surface area contributed by atoms with Gasteiger partial charge in [-0.15, -0.1) is 11.8 Å². The summed E-state index contributed by atoms with van der Waals surface area (Å²) in [6, 6.07) is 8.96.